The van der Waals surface area contributed by atoms with Crippen LogP contribution in [0.25, 0.3) is 138 Å². The molecular weight excluding hydrogens is 1560 g/mol. The zero-order valence-electron chi connectivity index (χ0n) is 78.9. The molecule has 0 fully saturated rings. The molecule has 638 valence electrons. The van der Waals surface area contributed by atoms with E-state index in [4.69, 9.17) is 28.8 Å². The molecule has 20 rings (SSSR count). The minimum Gasteiger partial charge on any atom is -0.456 e. The van der Waals surface area contributed by atoms with Crippen molar-refractivity contribution in [1.29, 1.82) is 0 Å². The number of benzene rings is 11. The third-order valence-electron chi connectivity index (χ3n) is 26.7. The summed E-state index contributed by atoms with van der Waals surface area (Å²) in [6, 6.07) is 102. The maximum absolute atomic E-state index is 6.81. The fourth-order valence-electron chi connectivity index (χ4n) is 19.4. The Morgan fingerprint density at radius 2 is 0.602 bits per heavy atom. The van der Waals surface area contributed by atoms with Crippen molar-refractivity contribution >= 4 is 123 Å². The van der Waals surface area contributed by atoms with E-state index in [1.54, 1.807) is 0 Å². The number of hydrogen-bond acceptors (Lipinski definition) is 8. The Hall–Kier alpha value is -12.9. The van der Waals surface area contributed by atoms with E-state index in [0.29, 0.717) is 0 Å². The number of fused-ring (bicyclic) bond motifs is 13. The van der Waals surface area contributed by atoms with Crippen molar-refractivity contribution in [3.8, 4) is 72.7 Å². The van der Waals surface area contributed by atoms with Crippen molar-refractivity contribution in [2.75, 3.05) is 9.80 Å². The van der Waals surface area contributed by atoms with Gasteiger partial charge in [-0.2, -0.15) is 0 Å². The maximum Gasteiger partial charge on any atom is 0.252 e. The van der Waals surface area contributed by atoms with Crippen molar-refractivity contribution in [3.05, 3.63) is 312 Å². The normalized spacial score (nSPS) is 13.6. The highest BCUT2D eigenvalue weighted by Gasteiger charge is 2.47. The molecule has 0 unspecified atom stereocenters. The molecule has 18 aromatic rings. The summed E-state index contributed by atoms with van der Waals surface area (Å²) in [6.07, 6.45) is 0. The van der Waals surface area contributed by atoms with Crippen molar-refractivity contribution in [1.82, 2.24) is 24.5 Å². The molecule has 0 bridgehead atoms. The molecule has 0 amide bonds. The largest absolute Gasteiger partial charge is 0.456 e. The predicted molar refractivity (Wildman–Crippen MR) is 543 cm³/mol. The topological polar surface area (TPSA) is 89.3 Å². The van der Waals surface area contributed by atoms with Crippen molar-refractivity contribution in [2.45, 2.75) is 209 Å². The molecule has 2 aliphatic rings. The van der Waals surface area contributed by atoms with Gasteiger partial charge in [0, 0.05) is 150 Å². The summed E-state index contributed by atoms with van der Waals surface area (Å²) >= 11 is 0. The second-order valence-electron chi connectivity index (χ2n) is 44.4. The smallest absolute Gasteiger partial charge is 0.252 e. The molecule has 10 heteroatoms. The van der Waals surface area contributed by atoms with Gasteiger partial charge in [-0.3, -0.25) is 19.9 Å². The average molecular weight is 1680 g/mol. The van der Waals surface area contributed by atoms with Gasteiger partial charge in [0.1, 0.15) is 22.3 Å². The predicted octanol–water partition coefficient (Wildman–Crippen LogP) is 30.6. The summed E-state index contributed by atoms with van der Waals surface area (Å²) in [5, 5.41) is 6.69. The summed E-state index contributed by atoms with van der Waals surface area (Å²) in [5.74, 6) is 0. The molecule has 2 aliphatic heterocycles. The van der Waals surface area contributed by atoms with Gasteiger partial charge in [0.2, 0.25) is 0 Å². The lowest BCUT2D eigenvalue weighted by Gasteiger charge is -2.46. The van der Waals surface area contributed by atoms with Crippen molar-refractivity contribution < 1.29 is 8.83 Å². The summed E-state index contributed by atoms with van der Waals surface area (Å²) < 4.78 is 16.0. The molecule has 0 N–H and O–H groups in total. The van der Waals surface area contributed by atoms with Crippen molar-refractivity contribution in [2.24, 2.45) is 0 Å². The summed E-state index contributed by atoms with van der Waals surface area (Å²) in [5.41, 5.74) is 34.9. The Bertz CT molecular complexity index is 7310. The van der Waals surface area contributed by atoms with Crippen LogP contribution in [0.2, 0.25) is 0 Å². The van der Waals surface area contributed by atoms with Gasteiger partial charge in [0.15, 0.2) is 0 Å². The highest BCUT2D eigenvalue weighted by molar-refractivity contribution is 7.00. The van der Waals surface area contributed by atoms with E-state index >= 15 is 0 Å². The van der Waals surface area contributed by atoms with Crippen LogP contribution >= 0.6 is 0 Å². The third-order valence-corrected chi connectivity index (χ3v) is 26.7. The second kappa shape index (κ2) is 29.3. The van der Waals surface area contributed by atoms with Crippen LogP contribution in [-0.4, -0.2) is 31.2 Å². The summed E-state index contributed by atoms with van der Waals surface area (Å²) in [7, 11) is 0. The lowest BCUT2D eigenvalue weighted by Crippen LogP contribution is -2.61. The van der Waals surface area contributed by atoms with Gasteiger partial charge in [0.05, 0.1) is 33.8 Å². The number of aromatic nitrogens is 5. The monoisotopic (exact) mass is 1670 g/mol. The molecule has 7 aromatic heterocycles. The van der Waals surface area contributed by atoms with Crippen LogP contribution in [-0.2, 0) is 43.3 Å². The first-order chi connectivity index (χ1) is 60.5. The first-order valence-corrected chi connectivity index (χ1v) is 45.8. The van der Waals surface area contributed by atoms with Gasteiger partial charge in [-0.1, -0.05) is 294 Å². The van der Waals surface area contributed by atoms with Gasteiger partial charge in [-0.25, -0.2) is 0 Å². The number of nitrogens with zero attached hydrogens (tertiary/aromatic N) is 7. The van der Waals surface area contributed by atoms with Gasteiger partial charge in [-0.15, -0.1) is 0 Å². The van der Waals surface area contributed by atoms with Crippen LogP contribution in [0.5, 0.6) is 0 Å². The van der Waals surface area contributed by atoms with Crippen LogP contribution in [0.4, 0.5) is 34.1 Å². The molecule has 9 heterocycles. The van der Waals surface area contributed by atoms with Gasteiger partial charge < -0.3 is 23.2 Å². The van der Waals surface area contributed by atoms with E-state index in [9.17, 15) is 0 Å². The molecular formula is C118H116BN7O2. The van der Waals surface area contributed by atoms with Crippen LogP contribution in [0.3, 0.4) is 0 Å². The van der Waals surface area contributed by atoms with E-state index < -0.39 is 6.71 Å². The molecule has 0 atom stereocenters. The second-order valence-corrected chi connectivity index (χ2v) is 44.4. The number of furan rings is 2. The summed E-state index contributed by atoms with van der Waals surface area (Å²) in [6.45, 7) is 54.8. The zero-order valence-corrected chi connectivity index (χ0v) is 78.9. The van der Waals surface area contributed by atoms with Gasteiger partial charge in [-0.05, 0) is 211 Å². The van der Waals surface area contributed by atoms with Crippen LogP contribution in [0.1, 0.15) is 211 Å². The molecule has 11 aromatic carbocycles. The standard InChI is InChI=1S/C118H116BN7O2/c1-111(2,3)75-48-53-92-84(66-75)85-67-76(112(4,5)6)49-54-93(85)124(92)77-50-52-89-95(68-77)126(110-82(90-39-31-43-102(120-90)113(7,8)9)37-30-38-83(110)91-40-32-44-103(121-91)114(10,11)12)97-61-72(70-47-56-101-87(58-70)81-34-26-28-42-99(81)128-101)60-96-108(97)119(89)88-51-45-71(69-46-55-100-86(57-69)80-33-25-27-41-98(80)127-100)59-94(88)125(96)109-78(73-62-104(115(13,14)15)122-105(63-73)116(16,17)18)35-29-36-79(109)74-64-106(117(19,20)21)123-107(65-74)118(22,23)24/h25-68H,1-24H3. The average Bonchev–Trinajstić information content (AvgIpc) is 0.877. The fraction of sp³-hybridized carbons (Fsp3) is 0.271. The number of hydrogen-bond donors (Lipinski definition) is 0. The van der Waals surface area contributed by atoms with E-state index in [2.05, 4.69) is 447 Å². The zero-order chi connectivity index (χ0) is 89.9. The Labute approximate surface area is 755 Å². The number of anilines is 6. The van der Waals surface area contributed by atoms with Crippen LogP contribution < -0.4 is 26.2 Å². The SMILES string of the molecule is CC(C)(C)c1ccc2c(c1)c1cc(C(C)(C)C)ccc1n2-c1ccc2c(c1)N(c1c(-c3cccc(C(C)(C)C)n3)cccc1-c1cccc(C(C)(C)C)n1)c1cc(-c3ccc4oc5ccccc5c4c3)cc3c1B2c1ccc(-c2ccc4oc5ccccc5c4c2)cc1N3c1c(-c2cc(C(C)(C)C)nc(C(C)(C)C)c2)cccc1-c1cc(C(C)(C)C)nc(C(C)(C)C)c1. The summed E-state index contributed by atoms with van der Waals surface area (Å²) in [4.78, 5) is 28.4. The first-order valence-electron chi connectivity index (χ1n) is 45.8. The molecule has 0 aliphatic carbocycles. The number of rotatable bonds is 9. The van der Waals surface area contributed by atoms with E-state index in [1.807, 2.05) is 0 Å². The Balaban J connectivity index is 0.999. The third kappa shape index (κ3) is 14.3. The van der Waals surface area contributed by atoms with E-state index in [1.165, 1.54) is 21.9 Å². The molecule has 0 saturated carbocycles. The Morgan fingerprint density at radius 1 is 0.242 bits per heavy atom. The van der Waals surface area contributed by atoms with E-state index in [0.717, 1.165) is 212 Å². The van der Waals surface area contributed by atoms with Crippen LogP contribution in [0, 0.1) is 0 Å². The minimum atomic E-state index is -0.394. The fourth-order valence-corrected chi connectivity index (χ4v) is 19.4. The van der Waals surface area contributed by atoms with Crippen LogP contribution in [0.15, 0.2) is 276 Å². The molecule has 128 heavy (non-hydrogen) atoms. The van der Waals surface area contributed by atoms with Crippen molar-refractivity contribution in [3.63, 3.8) is 0 Å². The van der Waals surface area contributed by atoms with Gasteiger partial charge in [0.25, 0.3) is 6.71 Å². The first kappa shape index (κ1) is 83.3. The minimum absolute atomic E-state index is 0.110. The van der Waals surface area contributed by atoms with Gasteiger partial charge >= 0.3 is 0 Å². The highest BCUT2D eigenvalue weighted by Crippen LogP contribution is 2.56. The molecule has 9 nitrogen and oxygen atoms in total. The Morgan fingerprint density at radius 3 is 1.03 bits per heavy atom. The lowest BCUT2D eigenvalue weighted by molar-refractivity contribution is 0.531. The molecule has 0 radical (unpaired) electrons. The number of pyridine rings is 4. The lowest BCUT2D eigenvalue weighted by atomic mass is 9.33. The quantitative estimate of drug-likeness (QED) is 0.132. The number of para-hydroxylation sites is 4. The van der Waals surface area contributed by atoms with E-state index in [-0.39, 0.29) is 43.3 Å². The maximum atomic E-state index is 6.81. The highest BCUT2D eigenvalue weighted by atomic mass is 16.3. The molecule has 0 saturated heterocycles. The Kier molecular flexibility index (Phi) is 19.1. The molecule has 0 spiro atoms.